The topological polar surface area (TPSA) is 60.9 Å². The van der Waals surface area contributed by atoms with Crippen LogP contribution in [0.1, 0.15) is 35.6 Å². The van der Waals surface area contributed by atoms with Crippen molar-refractivity contribution in [1.82, 2.24) is 14.1 Å². The number of carbonyl (C=O) groups excluding carboxylic acids is 1. The minimum absolute atomic E-state index is 0.0556. The van der Waals surface area contributed by atoms with E-state index in [0.717, 1.165) is 13.1 Å². The van der Waals surface area contributed by atoms with Crippen LogP contribution in [-0.4, -0.2) is 67.7 Å². The molecule has 0 spiro atoms. The second kappa shape index (κ2) is 12.4. The molecule has 2 heterocycles. The molecule has 2 aliphatic rings. The van der Waals surface area contributed by atoms with Crippen molar-refractivity contribution in [2.24, 2.45) is 5.92 Å². The van der Waals surface area contributed by atoms with Crippen molar-refractivity contribution in [3.05, 3.63) is 106 Å². The van der Waals surface area contributed by atoms with Crippen molar-refractivity contribution in [2.75, 3.05) is 39.3 Å². The van der Waals surface area contributed by atoms with Crippen LogP contribution in [0.5, 0.6) is 0 Å². The lowest BCUT2D eigenvalue weighted by Crippen LogP contribution is -2.53. The molecule has 9 heteroatoms. The minimum Gasteiger partial charge on any atom is -0.340 e. The van der Waals surface area contributed by atoms with E-state index in [4.69, 9.17) is 23.2 Å². The SMILES string of the molecule is O=C([C@H]1CCCN(S(=O)(=O)Cc2ccc(Cl)c(Cl)c2)C1)N1CCN(C(c2ccccc2)c2ccccc2)CC1. The van der Waals surface area contributed by atoms with Crippen LogP contribution in [0.4, 0.5) is 0 Å². The minimum atomic E-state index is -3.59. The van der Waals surface area contributed by atoms with Crippen molar-refractivity contribution in [1.29, 1.82) is 0 Å². The van der Waals surface area contributed by atoms with E-state index in [1.54, 1.807) is 18.2 Å². The Kier molecular flexibility index (Phi) is 8.94. The van der Waals surface area contributed by atoms with Gasteiger partial charge in [-0.3, -0.25) is 9.69 Å². The van der Waals surface area contributed by atoms with E-state index in [2.05, 4.69) is 53.4 Å². The summed E-state index contributed by atoms with van der Waals surface area (Å²) in [5, 5.41) is 0.720. The van der Waals surface area contributed by atoms with Gasteiger partial charge in [-0.1, -0.05) is 89.9 Å². The van der Waals surface area contributed by atoms with Crippen LogP contribution in [0.2, 0.25) is 10.0 Å². The zero-order chi connectivity index (χ0) is 27.4. The number of piperidine rings is 1. The molecular formula is C30H33Cl2N3O3S. The Balaban J connectivity index is 1.22. The Hall–Kier alpha value is -2.42. The molecule has 0 bridgehead atoms. The largest absolute Gasteiger partial charge is 0.340 e. The highest BCUT2D eigenvalue weighted by Crippen LogP contribution is 2.31. The molecule has 0 aromatic heterocycles. The number of carbonyl (C=O) groups is 1. The number of hydrogen-bond acceptors (Lipinski definition) is 4. The molecule has 2 saturated heterocycles. The van der Waals surface area contributed by atoms with Gasteiger partial charge >= 0.3 is 0 Å². The quantitative estimate of drug-likeness (QED) is 0.369. The highest BCUT2D eigenvalue weighted by atomic mass is 35.5. The molecule has 206 valence electrons. The van der Waals surface area contributed by atoms with Crippen molar-refractivity contribution in [3.8, 4) is 0 Å². The third-order valence-electron chi connectivity index (χ3n) is 7.68. The third kappa shape index (κ3) is 6.67. The highest BCUT2D eigenvalue weighted by Gasteiger charge is 2.36. The Morgan fingerprint density at radius 1 is 0.821 bits per heavy atom. The first-order chi connectivity index (χ1) is 18.8. The molecule has 3 aromatic carbocycles. The molecule has 5 rings (SSSR count). The van der Waals surface area contributed by atoms with Gasteiger partial charge in [0.05, 0.1) is 27.8 Å². The lowest BCUT2D eigenvalue weighted by molar-refractivity contribution is -0.138. The van der Waals surface area contributed by atoms with Crippen LogP contribution in [0.15, 0.2) is 78.9 Å². The fourth-order valence-electron chi connectivity index (χ4n) is 5.67. The maximum absolute atomic E-state index is 13.5. The average molecular weight is 587 g/mol. The van der Waals surface area contributed by atoms with Crippen LogP contribution in [0.3, 0.4) is 0 Å². The zero-order valence-electron chi connectivity index (χ0n) is 21.8. The Morgan fingerprint density at radius 3 is 2.03 bits per heavy atom. The van der Waals surface area contributed by atoms with E-state index >= 15 is 0 Å². The van der Waals surface area contributed by atoms with Crippen molar-refractivity contribution < 1.29 is 13.2 Å². The van der Waals surface area contributed by atoms with E-state index in [0.29, 0.717) is 48.1 Å². The predicted octanol–water partition coefficient (Wildman–Crippen LogP) is 5.47. The maximum Gasteiger partial charge on any atom is 0.227 e. The van der Waals surface area contributed by atoms with Gasteiger partial charge in [0.1, 0.15) is 0 Å². The van der Waals surface area contributed by atoms with Gasteiger partial charge in [0.2, 0.25) is 15.9 Å². The lowest BCUT2D eigenvalue weighted by Gasteiger charge is -2.41. The van der Waals surface area contributed by atoms with Crippen LogP contribution in [0.25, 0.3) is 0 Å². The van der Waals surface area contributed by atoms with Crippen LogP contribution >= 0.6 is 23.2 Å². The summed E-state index contributed by atoms with van der Waals surface area (Å²) in [6.45, 7) is 3.41. The molecule has 0 unspecified atom stereocenters. The van der Waals surface area contributed by atoms with Crippen LogP contribution in [0, 0.1) is 5.92 Å². The molecule has 1 atom stereocenters. The fourth-order valence-corrected chi connectivity index (χ4v) is 7.59. The zero-order valence-corrected chi connectivity index (χ0v) is 24.1. The first-order valence-electron chi connectivity index (χ1n) is 13.4. The van der Waals surface area contributed by atoms with Crippen molar-refractivity contribution >= 4 is 39.1 Å². The normalized spacial score (nSPS) is 19.4. The van der Waals surface area contributed by atoms with Gasteiger partial charge in [-0.15, -0.1) is 0 Å². The number of benzene rings is 3. The van der Waals surface area contributed by atoms with E-state index in [-0.39, 0.29) is 30.2 Å². The predicted molar refractivity (Wildman–Crippen MR) is 156 cm³/mol. The van der Waals surface area contributed by atoms with E-state index < -0.39 is 10.0 Å². The van der Waals surface area contributed by atoms with Gasteiger partial charge in [-0.05, 0) is 41.7 Å². The molecule has 2 aliphatic heterocycles. The molecule has 6 nitrogen and oxygen atoms in total. The number of hydrogen-bond donors (Lipinski definition) is 0. The summed E-state index contributed by atoms with van der Waals surface area (Å²) in [6.07, 6.45) is 1.37. The van der Waals surface area contributed by atoms with E-state index in [9.17, 15) is 13.2 Å². The molecule has 0 N–H and O–H groups in total. The van der Waals surface area contributed by atoms with Crippen molar-refractivity contribution in [2.45, 2.75) is 24.6 Å². The summed E-state index contributed by atoms with van der Waals surface area (Å²) in [4.78, 5) is 17.9. The third-order valence-corrected chi connectivity index (χ3v) is 10.2. The van der Waals surface area contributed by atoms with Gasteiger partial charge in [-0.25, -0.2) is 12.7 Å². The standard InChI is InChI=1S/C30H33Cl2N3O3S/c31-27-14-13-23(20-28(27)32)22-39(37,38)35-15-7-12-26(21-35)30(36)34-18-16-33(17-19-34)29(24-8-3-1-4-9-24)25-10-5-2-6-11-25/h1-6,8-11,13-14,20,26,29H,7,12,15-19,21-22H2/t26-/m0/s1. The molecular weight excluding hydrogens is 553 g/mol. The monoisotopic (exact) mass is 585 g/mol. The molecule has 2 fully saturated rings. The summed E-state index contributed by atoms with van der Waals surface area (Å²) in [7, 11) is -3.59. The van der Waals surface area contributed by atoms with Crippen LogP contribution in [-0.2, 0) is 20.6 Å². The number of halogens is 2. The Morgan fingerprint density at radius 2 is 1.44 bits per heavy atom. The number of amides is 1. The van der Waals surface area contributed by atoms with E-state index in [1.807, 2.05) is 17.0 Å². The number of nitrogens with zero attached hydrogens (tertiary/aromatic N) is 3. The molecule has 39 heavy (non-hydrogen) atoms. The summed E-state index contributed by atoms with van der Waals surface area (Å²) in [6, 6.07) is 25.9. The number of piperazine rings is 1. The second-order valence-electron chi connectivity index (χ2n) is 10.3. The van der Waals surface area contributed by atoms with Gasteiger partial charge in [-0.2, -0.15) is 0 Å². The fraction of sp³-hybridized carbons (Fsp3) is 0.367. The lowest BCUT2D eigenvalue weighted by atomic mass is 9.95. The van der Waals surface area contributed by atoms with Gasteiger partial charge < -0.3 is 4.90 Å². The summed E-state index contributed by atoms with van der Waals surface area (Å²) in [5.41, 5.74) is 3.05. The highest BCUT2D eigenvalue weighted by molar-refractivity contribution is 7.88. The smallest absolute Gasteiger partial charge is 0.227 e. The summed E-state index contributed by atoms with van der Waals surface area (Å²) in [5.74, 6) is -0.433. The Labute approximate surface area is 241 Å². The molecule has 0 radical (unpaired) electrons. The molecule has 0 saturated carbocycles. The first-order valence-corrected chi connectivity index (χ1v) is 15.7. The first kappa shape index (κ1) is 28.1. The molecule has 0 aliphatic carbocycles. The number of rotatable bonds is 7. The summed E-state index contributed by atoms with van der Waals surface area (Å²) >= 11 is 12.1. The molecule has 3 aromatic rings. The van der Waals surface area contributed by atoms with Crippen LogP contribution < -0.4 is 0 Å². The van der Waals surface area contributed by atoms with Gasteiger partial charge in [0.25, 0.3) is 0 Å². The summed E-state index contributed by atoms with van der Waals surface area (Å²) < 4.78 is 27.9. The van der Waals surface area contributed by atoms with Gasteiger partial charge in [0, 0.05) is 39.3 Å². The van der Waals surface area contributed by atoms with Crippen molar-refractivity contribution in [3.63, 3.8) is 0 Å². The second-order valence-corrected chi connectivity index (χ2v) is 13.1. The molecule has 1 amide bonds. The number of sulfonamides is 1. The van der Waals surface area contributed by atoms with Gasteiger partial charge in [0.15, 0.2) is 0 Å². The van der Waals surface area contributed by atoms with E-state index in [1.165, 1.54) is 15.4 Å². The average Bonchev–Trinajstić information content (AvgIpc) is 2.96. The Bertz CT molecular complexity index is 1340. The maximum atomic E-state index is 13.5.